The van der Waals surface area contributed by atoms with Crippen LogP contribution in [-0.2, 0) is 6.54 Å². The number of anilines is 1. The molecule has 0 aliphatic rings. The minimum absolute atomic E-state index is 0.303. The first-order valence-electron chi connectivity index (χ1n) is 6.46. The van der Waals surface area contributed by atoms with Gasteiger partial charge in [-0.25, -0.2) is 0 Å². The second-order valence-electron chi connectivity index (χ2n) is 4.23. The van der Waals surface area contributed by atoms with Gasteiger partial charge in [-0.2, -0.15) is 0 Å². The van der Waals surface area contributed by atoms with Crippen LogP contribution in [-0.4, -0.2) is 24.8 Å². The maximum Gasteiger partial charge on any atom is 0.0431 e. The summed E-state index contributed by atoms with van der Waals surface area (Å²) in [6.45, 7) is 5.14. The smallest absolute Gasteiger partial charge is 0.0431 e. The van der Waals surface area contributed by atoms with Crippen LogP contribution in [0, 0.1) is 0 Å². The highest BCUT2D eigenvalue weighted by molar-refractivity contribution is 5.47. The zero-order valence-corrected chi connectivity index (χ0v) is 10.7. The number of benzene rings is 1. The Morgan fingerprint density at radius 3 is 2.35 bits per heavy atom. The SMILES string of the molecule is CCN(CCCCCO)c1ccc(CN)cc1. The zero-order chi connectivity index (χ0) is 12.5. The summed E-state index contributed by atoms with van der Waals surface area (Å²) in [6, 6.07) is 8.45. The summed E-state index contributed by atoms with van der Waals surface area (Å²) in [4.78, 5) is 2.36. The Kier molecular flexibility index (Phi) is 6.67. The Bertz CT molecular complexity index is 298. The van der Waals surface area contributed by atoms with Crippen LogP contribution < -0.4 is 10.6 Å². The second-order valence-corrected chi connectivity index (χ2v) is 4.23. The highest BCUT2D eigenvalue weighted by Crippen LogP contribution is 2.15. The van der Waals surface area contributed by atoms with Crippen molar-refractivity contribution in [3.05, 3.63) is 29.8 Å². The van der Waals surface area contributed by atoms with Crippen LogP contribution in [0.1, 0.15) is 31.7 Å². The summed E-state index contributed by atoms with van der Waals surface area (Å²) < 4.78 is 0. The van der Waals surface area contributed by atoms with Crippen LogP contribution in [0.3, 0.4) is 0 Å². The molecule has 1 aromatic rings. The molecule has 0 saturated carbocycles. The fourth-order valence-electron chi connectivity index (χ4n) is 1.90. The first-order valence-corrected chi connectivity index (χ1v) is 6.46. The molecule has 17 heavy (non-hydrogen) atoms. The molecule has 0 heterocycles. The monoisotopic (exact) mass is 236 g/mol. The molecule has 0 aliphatic carbocycles. The molecule has 0 aliphatic heterocycles. The van der Waals surface area contributed by atoms with Crippen molar-refractivity contribution in [1.29, 1.82) is 0 Å². The number of unbranched alkanes of at least 4 members (excludes halogenated alkanes) is 2. The molecule has 3 heteroatoms. The van der Waals surface area contributed by atoms with E-state index in [4.69, 9.17) is 10.8 Å². The highest BCUT2D eigenvalue weighted by atomic mass is 16.2. The summed E-state index contributed by atoms with van der Waals surface area (Å²) in [5.41, 5.74) is 8.01. The Hall–Kier alpha value is -1.06. The van der Waals surface area contributed by atoms with Gasteiger partial charge in [0, 0.05) is 31.9 Å². The predicted molar refractivity (Wildman–Crippen MR) is 73.2 cm³/mol. The van der Waals surface area contributed by atoms with Crippen molar-refractivity contribution in [3.8, 4) is 0 Å². The van der Waals surface area contributed by atoms with Gasteiger partial charge in [-0.3, -0.25) is 0 Å². The molecule has 0 spiro atoms. The van der Waals surface area contributed by atoms with Crippen LogP contribution in [0.5, 0.6) is 0 Å². The Morgan fingerprint density at radius 2 is 1.82 bits per heavy atom. The fraction of sp³-hybridized carbons (Fsp3) is 0.571. The number of rotatable bonds is 8. The molecule has 0 aromatic heterocycles. The molecule has 0 unspecified atom stereocenters. The zero-order valence-electron chi connectivity index (χ0n) is 10.7. The van der Waals surface area contributed by atoms with Crippen LogP contribution in [0.4, 0.5) is 5.69 Å². The molecule has 3 nitrogen and oxygen atoms in total. The van der Waals surface area contributed by atoms with Crippen molar-refractivity contribution in [1.82, 2.24) is 0 Å². The normalized spacial score (nSPS) is 10.5. The first-order chi connectivity index (χ1) is 8.31. The van der Waals surface area contributed by atoms with Gasteiger partial charge in [0.05, 0.1) is 0 Å². The van der Waals surface area contributed by atoms with E-state index in [-0.39, 0.29) is 0 Å². The maximum absolute atomic E-state index is 8.74. The molecule has 1 rings (SSSR count). The Balaban J connectivity index is 2.47. The van der Waals surface area contributed by atoms with E-state index in [0.717, 1.165) is 32.4 Å². The molecule has 3 N–H and O–H groups in total. The van der Waals surface area contributed by atoms with Gasteiger partial charge in [-0.1, -0.05) is 12.1 Å². The molecular weight excluding hydrogens is 212 g/mol. The standard InChI is InChI=1S/C14H24N2O/c1-2-16(10-4-3-5-11-17)14-8-6-13(12-15)7-9-14/h6-9,17H,2-5,10-12,15H2,1H3. The van der Waals surface area contributed by atoms with Crippen molar-refractivity contribution >= 4 is 5.69 Å². The van der Waals surface area contributed by atoms with E-state index in [0.29, 0.717) is 13.2 Å². The molecular formula is C14H24N2O. The van der Waals surface area contributed by atoms with Crippen LogP contribution in [0.25, 0.3) is 0 Å². The molecule has 1 aromatic carbocycles. The minimum Gasteiger partial charge on any atom is -0.396 e. The third kappa shape index (κ3) is 4.75. The number of aliphatic hydroxyl groups is 1. The quantitative estimate of drug-likeness (QED) is 0.680. The Labute approximate surface area is 104 Å². The van der Waals surface area contributed by atoms with Crippen molar-refractivity contribution in [2.75, 3.05) is 24.6 Å². The van der Waals surface area contributed by atoms with Gasteiger partial charge in [-0.05, 0) is 43.9 Å². The van der Waals surface area contributed by atoms with Gasteiger partial charge in [0.25, 0.3) is 0 Å². The van der Waals surface area contributed by atoms with Crippen molar-refractivity contribution in [2.45, 2.75) is 32.7 Å². The van der Waals surface area contributed by atoms with Crippen molar-refractivity contribution < 1.29 is 5.11 Å². The summed E-state index contributed by atoms with van der Waals surface area (Å²) in [7, 11) is 0. The summed E-state index contributed by atoms with van der Waals surface area (Å²) in [5, 5.41) is 8.74. The lowest BCUT2D eigenvalue weighted by atomic mass is 10.2. The van der Waals surface area contributed by atoms with Crippen molar-refractivity contribution in [2.24, 2.45) is 5.73 Å². The topological polar surface area (TPSA) is 49.5 Å². The minimum atomic E-state index is 0.303. The summed E-state index contributed by atoms with van der Waals surface area (Å²) in [5.74, 6) is 0. The van der Waals surface area contributed by atoms with Gasteiger partial charge in [-0.15, -0.1) is 0 Å². The average Bonchev–Trinajstić information content (AvgIpc) is 2.39. The molecule has 0 bridgehead atoms. The average molecular weight is 236 g/mol. The first kappa shape index (κ1) is 14.0. The molecule has 0 amide bonds. The molecule has 96 valence electrons. The molecule has 0 fully saturated rings. The number of hydrogen-bond acceptors (Lipinski definition) is 3. The lowest BCUT2D eigenvalue weighted by Crippen LogP contribution is -2.23. The fourth-order valence-corrected chi connectivity index (χ4v) is 1.90. The number of nitrogens with zero attached hydrogens (tertiary/aromatic N) is 1. The largest absolute Gasteiger partial charge is 0.396 e. The molecule has 0 saturated heterocycles. The van der Waals surface area contributed by atoms with Gasteiger partial charge in [0.1, 0.15) is 0 Å². The van der Waals surface area contributed by atoms with Crippen LogP contribution in [0.2, 0.25) is 0 Å². The predicted octanol–water partition coefficient (Wildman–Crippen LogP) is 2.13. The molecule has 0 atom stereocenters. The summed E-state index contributed by atoms with van der Waals surface area (Å²) >= 11 is 0. The number of nitrogens with two attached hydrogens (primary N) is 1. The second kappa shape index (κ2) is 8.09. The van der Waals surface area contributed by atoms with E-state index in [1.165, 1.54) is 11.3 Å². The summed E-state index contributed by atoms with van der Waals surface area (Å²) in [6.07, 6.45) is 3.13. The van der Waals surface area contributed by atoms with Gasteiger partial charge >= 0.3 is 0 Å². The maximum atomic E-state index is 8.74. The van der Waals surface area contributed by atoms with E-state index < -0.39 is 0 Å². The van der Waals surface area contributed by atoms with Gasteiger partial charge in [0.2, 0.25) is 0 Å². The Morgan fingerprint density at radius 1 is 1.12 bits per heavy atom. The van der Waals surface area contributed by atoms with Crippen LogP contribution >= 0.6 is 0 Å². The molecule has 0 radical (unpaired) electrons. The third-order valence-corrected chi connectivity index (χ3v) is 3.01. The lowest BCUT2D eigenvalue weighted by Gasteiger charge is -2.23. The van der Waals surface area contributed by atoms with Gasteiger partial charge in [0.15, 0.2) is 0 Å². The third-order valence-electron chi connectivity index (χ3n) is 3.01. The number of aliphatic hydroxyl groups excluding tert-OH is 1. The van der Waals surface area contributed by atoms with E-state index in [1.807, 2.05) is 0 Å². The number of hydrogen-bond donors (Lipinski definition) is 2. The van der Waals surface area contributed by atoms with E-state index in [9.17, 15) is 0 Å². The highest BCUT2D eigenvalue weighted by Gasteiger charge is 2.03. The lowest BCUT2D eigenvalue weighted by molar-refractivity contribution is 0.283. The van der Waals surface area contributed by atoms with Gasteiger partial charge < -0.3 is 15.7 Å². The van der Waals surface area contributed by atoms with Crippen LogP contribution in [0.15, 0.2) is 24.3 Å². The van der Waals surface area contributed by atoms with E-state index in [1.54, 1.807) is 0 Å². The van der Waals surface area contributed by atoms with E-state index in [2.05, 4.69) is 36.1 Å². The van der Waals surface area contributed by atoms with Crippen molar-refractivity contribution in [3.63, 3.8) is 0 Å². The van der Waals surface area contributed by atoms with E-state index >= 15 is 0 Å².